The predicted molar refractivity (Wildman–Crippen MR) is 108 cm³/mol. The molecule has 0 aliphatic heterocycles. The maximum Gasteiger partial charge on any atom is 0.343 e. The number of rotatable bonds is 7. The van der Waals surface area contributed by atoms with Gasteiger partial charge in [-0.05, 0) is 67.1 Å². The predicted octanol–water partition coefficient (Wildman–Crippen LogP) is 3.60. The van der Waals surface area contributed by atoms with Crippen molar-refractivity contribution in [1.82, 2.24) is 10.4 Å². The van der Waals surface area contributed by atoms with E-state index in [0.717, 1.165) is 0 Å². The van der Waals surface area contributed by atoms with Gasteiger partial charge in [0, 0.05) is 18.0 Å². The van der Waals surface area contributed by atoms with Gasteiger partial charge in [0.05, 0.1) is 18.4 Å². The molecule has 1 N–H and O–H groups in total. The second-order valence-electron chi connectivity index (χ2n) is 5.97. The van der Waals surface area contributed by atoms with Gasteiger partial charge >= 0.3 is 5.97 Å². The SMILES string of the molecule is CCOc1cc(/C=N\NC(=O)c2ccncc2)ccc1OC(=O)c1ccc(F)cc1. The second-order valence-corrected chi connectivity index (χ2v) is 5.97. The van der Waals surface area contributed by atoms with Crippen molar-refractivity contribution in [3.8, 4) is 11.5 Å². The Labute approximate surface area is 172 Å². The van der Waals surface area contributed by atoms with Crippen LogP contribution in [-0.4, -0.2) is 29.7 Å². The average Bonchev–Trinajstić information content (AvgIpc) is 2.76. The Morgan fingerprint density at radius 2 is 1.77 bits per heavy atom. The van der Waals surface area contributed by atoms with E-state index in [4.69, 9.17) is 9.47 Å². The summed E-state index contributed by atoms with van der Waals surface area (Å²) in [4.78, 5) is 28.1. The van der Waals surface area contributed by atoms with Crippen LogP contribution in [0.5, 0.6) is 11.5 Å². The number of hydrazone groups is 1. The summed E-state index contributed by atoms with van der Waals surface area (Å²) in [6, 6.07) is 13.0. The molecule has 30 heavy (non-hydrogen) atoms. The fourth-order valence-corrected chi connectivity index (χ4v) is 2.44. The number of carbonyl (C=O) groups is 2. The normalized spacial score (nSPS) is 10.6. The molecule has 3 rings (SSSR count). The van der Waals surface area contributed by atoms with E-state index in [1.165, 1.54) is 42.9 Å². The lowest BCUT2D eigenvalue weighted by atomic mass is 10.2. The maximum atomic E-state index is 13.0. The third-order valence-electron chi connectivity index (χ3n) is 3.87. The minimum absolute atomic E-state index is 0.211. The molecule has 0 saturated carbocycles. The van der Waals surface area contributed by atoms with Crippen molar-refractivity contribution in [3.05, 3.63) is 89.5 Å². The van der Waals surface area contributed by atoms with Gasteiger partial charge in [0.25, 0.3) is 5.91 Å². The zero-order valence-corrected chi connectivity index (χ0v) is 16.0. The van der Waals surface area contributed by atoms with Crippen LogP contribution in [0.3, 0.4) is 0 Å². The van der Waals surface area contributed by atoms with Crippen molar-refractivity contribution >= 4 is 18.1 Å². The van der Waals surface area contributed by atoms with Crippen LogP contribution >= 0.6 is 0 Å². The smallest absolute Gasteiger partial charge is 0.343 e. The zero-order chi connectivity index (χ0) is 21.3. The van der Waals surface area contributed by atoms with Crippen LogP contribution in [0.15, 0.2) is 72.1 Å². The first-order valence-electron chi connectivity index (χ1n) is 9.05. The van der Waals surface area contributed by atoms with Gasteiger partial charge in [-0.2, -0.15) is 5.10 Å². The Morgan fingerprint density at radius 1 is 1.03 bits per heavy atom. The van der Waals surface area contributed by atoms with E-state index in [1.54, 1.807) is 37.3 Å². The van der Waals surface area contributed by atoms with Gasteiger partial charge in [-0.3, -0.25) is 9.78 Å². The van der Waals surface area contributed by atoms with Gasteiger partial charge in [0.2, 0.25) is 0 Å². The van der Waals surface area contributed by atoms with E-state index in [2.05, 4.69) is 15.5 Å². The number of esters is 1. The van der Waals surface area contributed by atoms with Crippen molar-refractivity contribution in [3.63, 3.8) is 0 Å². The van der Waals surface area contributed by atoms with E-state index < -0.39 is 11.8 Å². The van der Waals surface area contributed by atoms with Crippen LogP contribution in [-0.2, 0) is 0 Å². The van der Waals surface area contributed by atoms with Crippen LogP contribution in [0, 0.1) is 5.82 Å². The van der Waals surface area contributed by atoms with Gasteiger partial charge in [0.15, 0.2) is 11.5 Å². The summed E-state index contributed by atoms with van der Waals surface area (Å²) in [5, 5.41) is 3.92. The fraction of sp³-hybridized carbons (Fsp3) is 0.0909. The maximum absolute atomic E-state index is 13.0. The van der Waals surface area contributed by atoms with Gasteiger partial charge in [0.1, 0.15) is 5.82 Å². The molecular weight excluding hydrogens is 389 g/mol. The molecule has 0 radical (unpaired) electrons. The van der Waals surface area contributed by atoms with Gasteiger partial charge in [-0.25, -0.2) is 14.6 Å². The van der Waals surface area contributed by atoms with Crippen LogP contribution in [0.2, 0.25) is 0 Å². The Kier molecular flexibility index (Phi) is 6.83. The molecule has 7 nitrogen and oxygen atoms in total. The Hall–Kier alpha value is -4.07. The summed E-state index contributed by atoms with van der Waals surface area (Å²) in [5.41, 5.74) is 3.68. The highest BCUT2D eigenvalue weighted by Gasteiger charge is 2.13. The first-order valence-corrected chi connectivity index (χ1v) is 9.05. The summed E-state index contributed by atoms with van der Waals surface area (Å²) >= 11 is 0. The molecular formula is C22H18FN3O4. The molecule has 0 spiro atoms. The van der Waals surface area contributed by atoms with E-state index in [0.29, 0.717) is 23.5 Å². The molecule has 0 aliphatic rings. The number of pyridine rings is 1. The Morgan fingerprint density at radius 3 is 2.47 bits per heavy atom. The lowest BCUT2D eigenvalue weighted by molar-refractivity contribution is 0.0728. The van der Waals surface area contributed by atoms with E-state index in [-0.39, 0.29) is 17.2 Å². The summed E-state index contributed by atoms with van der Waals surface area (Å²) in [7, 11) is 0. The number of ether oxygens (including phenoxy) is 2. The van der Waals surface area contributed by atoms with Gasteiger partial charge in [-0.1, -0.05) is 0 Å². The molecule has 0 saturated heterocycles. The molecule has 152 valence electrons. The molecule has 0 bridgehead atoms. The minimum Gasteiger partial charge on any atom is -0.490 e. The number of benzene rings is 2. The number of nitrogens with zero attached hydrogens (tertiary/aromatic N) is 2. The van der Waals surface area contributed by atoms with Crippen LogP contribution in [0.4, 0.5) is 4.39 Å². The van der Waals surface area contributed by atoms with Crippen LogP contribution < -0.4 is 14.9 Å². The summed E-state index contributed by atoms with van der Waals surface area (Å²) in [6.07, 6.45) is 4.46. The molecule has 0 atom stereocenters. The zero-order valence-electron chi connectivity index (χ0n) is 16.0. The van der Waals surface area contributed by atoms with Gasteiger partial charge < -0.3 is 9.47 Å². The molecule has 3 aromatic rings. The van der Waals surface area contributed by atoms with Gasteiger partial charge in [-0.15, -0.1) is 0 Å². The minimum atomic E-state index is -0.637. The average molecular weight is 407 g/mol. The molecule has 0 fully saturated rings. The summed E-state index contributed by atoms with van der Waals surface area (Å²) in [5.74, 6) is -0.909. The second kappa shape index (κ2) is 9.92. The lowest BCUT2D eigenvalue weighted by Crippen LogP contribution is -2.17. The quantitative estimate of drug-likeness (QED) is 0.280. The summed E-state index contributed by atoms with van der Waals surface area (Å²) < 4.78 is 23.9. The lowest BCUT2D eigenvalue weighted by Gasteiger charge is -2.11. The topological polar surface area (TPSA) is 89.9 Å². The Balaban J connectivity index is 1.70. The van der Waals surface area contributed by atoms with E-state index >= 15 is 0 Å². The van der Waals surface area contributed by atoms with E-state index in [9.17, 15) is 14.0 Å². The first kappa shape index (κ1) is 20.7. The summed E-state index contributed by atoms with van der Waals surface area (Å²) in [6.45, 7) is 2.14. The standard InChI is InChI=1S/C22H18FN3O4/c1-2-29-20-13-15(14-25-26-21(27)16-9-11-24-12-10-16)3-8-19(20)30-22(28)17-4-6-18(23)7-5-17/h3-14H,2H2,1H3,(H,26,27)/b25-14-. The fourth-order valence-electron chi connectivity index (χ4n) is 2.44. The van der Waals surface area contributed by atoms with Crippen molar-refractivity contribution in [2.45, 2.75) is 6.92 Å². The molecule has 1 aromatic heterocycles. The number of hydrogen-bond acceptors (Lipinski definition) is 6. The number of hydrogen-bond donors (Lipinski definition) is 1. The highest BCUT2D eigenvalue weighted by Crippen LogP contribution is 2.29. The monoisotopic (exact) mass is 407 g/mol. The number of carbonyl (C=O) groups excluding carboxylic acids is 2. The van der Waals surface area contributed by atoms with Crippen molar-refractivity contribution < 1.29 is 23.5 Å². The molecule has 1 amide bonds. The van der Waals surface area contributed by atoms with Crippen molar-refractivity contribution in [2.24, 2.45) is 5.10 Å². The molecule has 2 aromatic carbocycles. The Bertz CT molecular complexity index is 1050. The number of aromatic nitrogens is 1. The molecule has 0 unspecified atom stereocenters. The van der Waals surface area contributed by atoms with Crippen molar-refractivity contribution in [1.29, 1.82) is 0 Å². The van der Waals surface area contributed by atoms with Crippen LogP contribution in [0.25, 0.3) is 0 Å². The largest absolute Gasteiger partial charge is 0.490 e. The van der Waals surface area contributed by atoms with Crippen LogP contribution in [0.1, 0.15) is 33.2 Å². The third-order valence-corrected chi connectivity index (χ3v) is 3.87. The number of halogens is 1. The molecule has 8 heteroatoms. The van der Waals surface area contributed by atoms with Crippen molar-refractivity contribution in [2.75, 3.05) is 6.61 Å². The highest BCUT2D eigenvalue weighted by atomic mass is 19.1. The molecule has 0 aliphatic carbocycles. The molecule has 1 heterocycles. The third kappa shape index (κ3) is 5.48. The van der Waals surface area contributed by atoms with E-state index in [1.807, 2.05) is 0 Å². The number of nitrogens with one attached hydrogen (secondary N) is 1. The highest BCUT2D eigenvalue weighted by molar-refractivity contribution is 5.95. The first-order chi connectivity index (χ1) is 14.6. The number of amides is 1.